The first-order valence-corrected chi connectivity index (χ1v) is 11.3. The Bertz CT molecular complexity index is 1290. The van der Waals surface area contributed by atoms with Crippen LogP contribution in [0.3, 0.4) is 0 Å². The summed E-state index contributed by atoms with van der Waals surface area (Å²) >= 11 is 6.49. The highest BCUT2D eigenvalue weighted by Crippen LogP contribution is 2.39. The lowest BCUT2D eigenvalue weighted by Crippen LogP contribution is -2.39. The Kier molecular flexibility index (Phi) is 5.56. The lowest BCUT2D eigenvalue weighted by Gasteiger charge is -2.29. The van der Waals surface area contributed by atoms with Crippen molar-refractivity contribution in [2.75, 3.05) is 6.54 Å². The SMILES string of the molecule is NC(=O)c1c(Cl)c(-c2ccccc2)n2c1CN(S(=O)(=O)c1ccc(C(F)(F)F)cc1)CC2. The summed E-state index contributed by atoms with van der Waals surface area (Å²) < 4.78 is 67.5. The maximum absolute atomic E-state index is 13.1. The van der Waals surface area contributed by atoms with Gasteiger partial charge in [0.1, 0.15) is 0 Å². The molecule has 0 saturated carbocycles. The van der Waals surface area contributed by atoms with E-state index in [-0.39, 0.29) is 35.1 Å². The second kappa shape index (κ2) is 7.95. The van der Waals surface area contributed by atoms with Crippen molar-refractivity contribution in [3.8, 4) is 11.3 Å². The molecule has 0 bridgehead atoms. The third kappa shape index (κ3) is 3.78. The molecule has 4 rings (SSSR count). The summed E-state index contributed by atoms with van der Waals surface area (Å²) in [6.45, 7) is 0.0278. The van der Waals surface area contributed by atoms with Gasteiger partial charge in [0.15, 0.2) is 0 Å². The van der Waals surface area contributed by atoms with Gasteiger partial charge in [0.2, 0.25) is 10.0 Å². The highest BCUT2D eigenvalue weighted by atomic mass is 35.5. The van der Waals surface area contributed by atoms with Crippen LogP contribution >= 0.6 is 11.6 Å². The van der Waals surface area contributed by atoms with E-state index in [0.29, 0.717) is 11.4 Å². The molecule has 2 aromatic carbocycles. The summed E-state index contributed by atoms with van der Waals surface area (Å²) in [7, 11) is -4.12. The fourth-order valence-electron chi connectivity index (χ4n) is 3.80. The Morgan fingerprint density at radius 1 is 1.00 bits per heavy atom. The number of nitrogens with zero attached hydrogens (tertiary/aromatic N) is 2. The molecule has 1 aliphatic rings. The van der Waals surface area contributed by atoms with Gasteiger partial charge in [-0.3, -0.25) is 4.79 Å². The number of carbonyl (C=O) groups excluding carboxylic acids is 1. The molecule has 11 heteroatoms. The maximum atomic E-state index is 13.1. The maximum Gasteiger partial charge on any atom is 0.416 e. The smallest absolute Gasteiger partial charge is 0.365 e. The van der Waals surface area contributed by atoms with E-state index in [1.54, 1.807) is 16.7 Å². The second-order valence-corrected chi connectivity index (χ2v) is 9.54. The number of benzene rings is 2. The summed E-state index contributed by atoms with van der Waals surface area (Å²) in [5.74, 6) is -0.797. The molecule has 1 aliphatic heterocycles. The minimum absolute atomic E-state index is 0.0258. The average Bonchev–Trinajstić information content (AvgIpc) is 3.05. The highest BCUT2D eigenvalue weighted by molar-refractivity contribution is 7.89. The molecular weight excluding hydrogens is 467 g/mol. The van der Waals surface area contributed by atoms with Crippen molar-refractivity contribution in [3.63, 3.8) is 0 Å². The number of rotatable bonds is 4. The van der Waals surface area contributed by atoms with E-state index < -0.39 is 27.7 Å². The fourth-order valence-corrected chi connectivity index (χ4v) is 5.61. The number of carbonyl (C=O) groups is 1. The van der Waals surface area contributed by atoms with E-state index in [2.05, 4.69) is 0 Å². The predicted molar refractivity (Wildman–Crippen MR) is 112 cm³/mol. The van der Waals surface area contributed by atoms with Crippen LogP contribution in [-0.2, 0) is 29.3 Å². The van der Waals surface area contributed by atoms with Crippen LogP contribution in [-0.4, -0.2) is 29.7 Å². The van der Waals surface area contributed by atoms with Gasteiger partial charge in [0.25, 0.3) is 5.91 Å². The molecule has 6 nitrogen and oxygen atoms in total. The summed E-state index contributed by atoms with van der Waals surface area (Å²) in [4.78, 5) is 11.9. The Morgan fingerprint density at radius 3 is 2.19 bits per heavy atom. The fraction of sp³-hybridized carbons (Fsp3) is 0.190. The Labute approximate surface area is 187 Å². The van der Waals surface area contributed by atoms with Crippen LogP contribution in [0, 0.1) is 0 Å². The average molecular weight is 484 g/mol. The standard InChI is InChI=1S/C21H17ClF3N3O3S/c22-18-17(20(26)29)16-12-27(10-11-28(16)19(18)13-4-2-1-3-5-13)32(30,31)15-8-6-14(7-9-15)21(23,24)25/h1-9H,10-12H2,(H2,26,29). The van der Waals surface area contributed by atoms with E-state index in [4.69, 9.17) is 17.3 Å². The van der Waals surface area contributed by atoms with Crippen molar-refractivity contribution >= 4 is 27.5 Å². The van der Waals surface area contributed by atoms with Crippen molar-refractivity contribution in [1.82, 2.24) is 8.87 Å². The van der Waals surface area contributed by atoms with Gasteiger partial charge in [-0.25, -0.2) is 8.42 Å². The van der Waals surface area contributed by atoms with Crippen LogP contribution in [0.2, 0.25) is 5.02 Å². The third-order valence-corrected chi connectivity index (χ3v) is 7.55. The zero-order valence-electron chi connectivity index (χ0n) is 16.4. The van der Waals surface area contributed by atoms with Crippen molar-refractivity contribution in [2.24, 2.45) is 5.73 Å². The van der Waals surface area contributed by atoms with Gasteiger partial charge in [-0.1, -0.05) is 41.9 Å². The first-order valence-electron chi connectivity index (χ1n) is 9.45. The zero-order chi connectivity index (χ0) is 23.3. The molecule has 0 spiro atoms. The van der Waals surface area contributed by atoms with Crippen LogP contribution < -0.4 is 5.73 Å². The molecule has 2 N–H and O–H groups in total. The quantitative estimate of drug-likeness (QED) is 0.605. The Hall–Kier alpha value is -2.82. The number of fused-ring (bicyclic) bond motifs is 1. The number of halogens is 4. The number of hydrogen-bond donors (Lipinski definition) is 1. The molecule has 0 aliphatic carbocycles. The molecule has 2 heterocycles. The molecule has 0 fully saturated rings. The van der Waals surface area contributed by atoms with E-state index in [1.807, 2.05) is 18.2 Å². The van der Waals surface area contributed by atoms with Crippen LogP contribution in [0.15, 0.2) is 59.5 Å². The molecule has 168 valence electrons. The van der Waals surface area contributed by atoms with Gasteiger partial charge in [0, 0.05) is 18.8 Å². The first-order chi connectivity index (χ1) is 15.0. The molecule has 32 heavy (non-hydrogen) atoms. The summed E-state index contributed by atoms with van der Waals surface area (Å²) in [5.41, 5.74) is 6.26. The summed E-state index contributed by atoms with van der Waals surface area (Å²) in [6.07, 6.45) is -4.57. The number of alkyl halides is 3. The van der Waals surface area contributed by atoms with Crippen molar-refractivity contribution in [2.45, 2.75) is 24.2 Å². The number of hydrogen-bond acceptors (Lipinski definition) is 3. The Balaban J connectivity index is 1.74. The number of aromatic nitrogens is 1. The van der Waals surface area contributed by atoms with Crippen molar-refractivity contribution < 1.29 is 26.4 Å². The minimum Gasteiger partial charge on any atom is -0.365 e. The minimum atomic E-state index is -4.57. The number of amides is 1. The van der Waals surface area contributed by atoms with Gasteiger partial charge >= 0.3 is 6.18 Å². The van der Waals surface area contributed by atoms with Crippen molar-refractivity contribution in [3.05, 3.63) is 76.4 Å². The van der Waals surface area contributed by atoms with Gasteiger partial charge in [0.05, 0.1) is 33.3 Å². The number of sulfonamides is 1. The van der Waals surface area contributed by atoms with Crippen LogP contribution in [0.25, 0.3) is 11.3 Å². The van der Waals surface area contributed by atoms with E-state index in [0.717, 1.165) is 34.1 Å². The van der Waals surface area contributed by atoms with E-state index >= 15 is 0 Å². The monoisotopic (exact) mass is 483 g/mol. The third-order valence-electron chi connectivity index (χ3n) is 5.32. The molecule has 0 radical (unpaired) electrons. The molecule has 3 aromatic rings. The molecule has 1 amide bonds. The number of primary amides is 1. The molecular formula is C21H17ClF3N3O3S. The molecule has 0 atom stereocenters. The normalized spacial score (nSPS) is 14.9. The predicted octanol–water partition coefficient (Wildman–Crippen LogP) is 4.13. The van der Waals surface area contributed by atoms with Gasteiger partial charge in [-0.05, 0) is 29.8 Å². The molecule has 1 aromatic heterocycles. The first kappa shape index (κ1) is 22.4. The van der Waals surface area contributed by atoms with Crippen LogP contribution in [0.4, 0.5) is 13.2 Å². The van der Waals surface area contributed by atoms with Gasteiger partial charge in [-0.15, -0.1) is 0 Å². The van der Waals surface area contributed by atoms with Crippen LogP contribution in [0.5, 0.6) is 0 Å². The molecule has 0 unspecified atom stereocenters. The topological polar surface area (TPSA) is 85.4 Å². The molecule has 0 saturated heterocycles. The van der Waals surface area contributed by atoms with E-state index in [1.165, 1.54) is 0 Å². The summed E-state index contributed by atoms with van der Waals surface area (Å²) in [5, 5.41) is 0.132. The Morgan fingerprint density at radius 2 is 1.62 bits per heavy atom. The van der Waals surface area contributed by atoms with Gasteiger partial charge in [-0.2, -0.15) is 17.5 Å². The number of nitrogens with two attached hydrogens (primary N) is 1. The lowest BCUT2D eigenvalue weighted by atomic mass is 10.1. The van der Waals surface area contributed by atoms with Crippen molar-refractivity contribution in [1.29, 1.82) is 0 Å². The zero-order valence-corrected chi connectivity index (χ0v) is 18.0. The van der Waals surface area contributed by atoms with E-state index in [9.17, 15) is 26.4 Å². The van der Waals surface area contributed by atoms with Crippen LogP contribution in [0.1, 0.15) is 21.6 Å². The summed E-state index contributed by atoms with van der Waals surface area (Å²) in [6, 6.07) is 12.3. The lowest BCUT2D eigenvalue weighted by molar-refractivity contribution is -0.137. The van der Waals surface area contributed by atoms with Gasteiger partial charge < -0.3 is 10.3 Å². The largest absolute Gasteiger partial charge is 0.416 e. The second-order valence-electron chi connectivity index (χ2n) is 7.23. The highest BCUT2D eigenvalue weighted by Gasteiger charge is 2.36.